The molecule has 2 N–H and O–H groups in total. The number of hydrogen-bond donors (Lipinski definition) is 2. The lowest BCUT2D eigenvalue weighted by atomic mass is 10.3. The number of carbonyl (C=O) groups excluding carboxylic acids is 1. The van der Waals surface area contributed by atoms with Crippen molar-refractivity contribution in [1.29, 1.82) is 0 Å². The van der Waals surface area contributed by atoms with Crippen LogP contribution in [0.4, 0.5) is 11.4 Å². The molecule has 0 aliphatic carbocycles. The van der Waals surface area contributed by atoms with Crippen LogP contribution in [0.2, 0.25) is 10.0 Å². The zero-order chi connectivity index (χ0) is 18.1. The van der Waals surface area contributed by atoms with Gasteiger partial charge in [0.1, 0.15) is 12.4 Å². The molecular formula is C18H20Cl2N2O3. The number of halogens is 2. The van der Waals surface area contributed by atoms with Gasteiger partial charge in [-0.3, -0.25) is 4.79 Å². The Hall–Kier alpha value is -1.95. The zero-order valence-corrected chi connectivity index (χ0v) is 15.4. The Morgan fingerprint density at radius 2 is 1.96 bits per heavy atom. The van der Waals surface area contributed by atoms with E-state index < -0.39 is 0 Å². The minimum Gasteiger partial charge on any atom is -0.491 e. The van der Waals surface area contributed by atoms with E-state index in [4.69, 9.17) is 32.7 Å². The Morgan fingerprint density at radius 3 is 2.72 bits per heavy atom. The first-order valence-corrected chi connectivity index (χ1v) is 8.63. The summed E-state index contributed by atoms with van der Waals surface area (Å²) < 4.78 is 10.8. The zero-order valence-electron chi connectivity index (χ0n) is 13.9. The van der Waals surface area contributed by atoms with E-state index in [1.807, 2.05) is 19.1 Å². The molecule has 0 spiro atoms. The van der Waals surface area contributed by atoms with Crippen molar-refractivity contribution in [2.45, 2.75) is 6.92 Å². The Bertz CT molecular complexity index is 710. The van der Waals surface area contributed by atoms with Crippen LogP contribution in [0.25, 0.3) is 0 Å². The Kier molecular flexibility index (Phi) is 7.85. The highest BCUT2D eigenvalue weighted by molar-refractivity contribution is 6.36. The largest absolute Gasteiger partial charge is 0.491 e. The van der Waals surface area contributed by atoms with Crippen LogP contribution in [0.5, 0.6) is 5.75 Å². The van der Waals surface area contributed by atoms with E-state index in [2.05, 4.69) is 10.6 Å². The van der Waals surface area contributed by atoms with Crippen molar-refractivity contribution in [3.8, 4) is 5.75 Å². The fourth-order valence-corrected chi connectivity index (χ4v) is 2.52. The molecule has 0 heterocycles. The summed E-state index contributed by atoms with van der Waals surface area (Å²) in [5.41, 5.74) is 1.30. The van der Waals surface area contributed by atoms with E-state index in [0.717, 1.165) is 0 Å². The molecule has 134 valence electrons. The molecule has 0 saturated heterocycles. The van der Waals surface area contributed by atoms with Crippen molar-refractivity contribution in [1.82, 2.24) is 0 Å². The number of anilines is 2. The summed E-state index contributed by atoms with van der Waals surface area (Å²) in [5.74, 6) is 0.476. The van der Waals surface area contributed by atoms with Gasteiger partial charge in [-0.2, -0.15) is 0 Å². The van der Waals surface area contributed by atoms with Crippen LogP contribution < -0.4 is 15.4 Å². The number of hydrogen-bond acceptors (Lipinski definition) is 4. The molecule has 25 heavy (non-hydrogen) atoms. The van der Waals surface area contributed by atoms with Gasteiger partial charge in [0.05, 0.1) is 23.9 Å². The molecule has 0 aromatic heterocycles. The van der Waals surface area contributed by atoms with Crippen molar-refractivity contribution in [3.05, 3.63) is 52.5 Å². The molecule has 0 aliphatic heterocycles. The van der Waals surface area contributed by atoms with Gasteiger partial charge in [0.25, 0.3) is 0 Å². The predicted molar refractivity (Wildman–Crippen MR) is 102 cm³/mol. The van der Waals surface area contributed by atoms with Crippen molar-refractivity contribution in [2.24, 2.45) is 0 Å². The summed E-state index contributed by atoms with van der Waals surface area (Å²) in [7, 11) is 0. The quantitative estimate of drug-likeness (QED) is 0.628. The van der Waals surface area contributed by atoms with Crippen molar-refractivity contribution >= 4 is 40.5 Å². The van der Waals surface area contributed by atoms with Gasteiger partial charge in [-0.15, -0.1) is 0 Å². The maximum Gasteiger partial charge on any atom is 0.243 e. The number of benzene rings is 2. The normalized spacial score (nSPS) is 10.4. The van der Waals surface area contributed by atoms with Crippen LogP contribution in [0, 0.1) is 0 Å². The van der Waals surface area contributed by atoms with Gasteiger partial charge in [-0.1, -0.05) is 29.3 Å². The lowest BCUT2D eigenvalue weighted by Gasteiger charge is -2.11. The molecule has 2 aromatic carbocycles. The molecule has 5 nitrogen and oxygen atoms in total. The van der Waals surface area contributed by atoms with Crippen LogP contribution >= 0.6 is 23.2 Å². The first-order chi connectivity index (χ1) is 12.1. The Morgan fingerprint density at radius 1 is 1.12 bits per heavy atom. The average molecular weight is 383 g/mol. The molecule has 0 unspecified atom stereocenters. The van der Waals surface area contributed by atoms with E-state index in [1.54, 1.807) is 30.3 Å². The minimum absolute atomic E-state index is 0.0801. The molecule has 2 rings (SSSR count). The molecule has 0 aliphatic rings. The minimum atomic E-state index is -0.197. The van der Waals surface area contributed by atoms with Gasteiger partial charge in [-0.25, -0.2) is 0 Å². The molecule has 0 bridgehead atoms. The van der Waals surface area contributed by atoms with Crippen molar-refractivity contribution in [2.75, 3.05) is 37.0 Å². The highest BCUT2D eigenvalue weighted by atomic mass is 35.5. The molecular weight excluding hydrogens is 363 g/mol. The van der Waals surface area contributed by atoms with Gasteiger partial charge in [0.2, 0.25) is 5.91 Å². The second-order valence-corrected chi connectivity index (χ2v) is 5.94. The van der Waals surface area contributed by atoms with Crippen LogP contribution in [0.15, 0.2) is 42.5 Å². The van der Waals surface area contributed by atoms with Gasteiger partial charge in [0, 0.05) is 23.4 Å². The fraction of sp³-hybridized carbons (Fsp3) is 0.278. The summed E-state index contributed by atoms with van der Waals surface area (Å²) in [6, 6.07) is 12.2. The van der Waals surface area contributed by atoms with Crippen LogP contribution in [0.1, 0.15) is 6.92 Å². The highest BCUT2D eigenvalue weighted by Gasteiger charge is 2.06. The van der Waals surface area contributed by atoms with Crippen LogP contribution in [0.3, 0.4) is 0 Å². The fourth-order valence-electron chi connectivity index (χ4n) is 2.04. The highest BCUT2D eigenvalue weighted by Crippen LogP contribution is 2.25. The standard InChI is InChI=1S/C18H20Cl2N2O3/c1-2-24-8-9-25-15-5-3-4-14(11-15)22-18(23)12-21-17-7-6-13(19)10-16(17)20/h3-7,10-11,21H,2,8-9,12H2,1H3,(H,22,23). The lowest BCUT2D eigenvalue weighted by molar-refractivity contribution is -0.114. The summed E-state index contributed by atoms with van der Waals surface area (Å²) in [4.78, 5) is 12.1. The second kappa shape index (κ2) is 10.1. The summed E-state index contributed by atoms with van der Waals surface area (Å²) in [6.07, 6.45) is 0. The monoisotopic (exact) mass is 382 g/mol. The molecule has 7 heteroatoms. The number of rotatable bonds is 9. The smallest absolute Gasteiger partial charge is 0.243 e. The number of ether oxygens (including phenoxy) is 2. The lowest BCUT2D eigenvalue weighted by Crippen LogP contribution is -2.21. The van der Waals surface area contributed by atoms with E-state index >= 15 is 0 Å². The van der Waals surface area contributed by atoms with Crippen molar-refractivity contribution < 1.29 is 14.3 Å². The SMILES string of the molecule is CCOCCOc1cccc(NC(=O)CNc2ccc(Cl)cc2Cl)c1. The molecule has 0 saturated carbocycles. The topological polar surface area (TPSA) is 59.6 Å². The van der Waals surface area contributed by atoms with Gasteiger partial charge < -0.3 is 20.1 Å². The van der Waals surface area contributed by atoms with Gasteiger partial charge in [-0.05, 0) is 37.3 Å². The van der Waals surface area contributed by atoms with E-state index in [-0.39, 0.29) is 12.5 Å². The Balaban J connectivity index is 1.83. The summed E-state index contributed by atoms with van der Waals surface area (Å²) in [6.45, 7) is 3.66. The predicted octanol–water partition coefficient (Wildman–Crippen LogP) is 4.46. The second-order valence-electron chi connectivity index (χ2n) is 5.10. The third-order valence-electron chi connectivity index (χ3n) is 3.19. The summed E-state index contributed by atoms with van der Waals surface area (Å²) >= 11 is 11.9. The molecule has 0 atom stereocenters. The van der Waals surface area contributed by atoms with Crippen LogP contribution in [-0.2, 0) is 9.53 Å². The first-order valence-electron chi connectivity index (χ1n) is 7.88. The average Bonchev–Trinajstić information content (AvgIpc) is 2.58. The molecule has 1 amide bonds. The summed E-state index contributed by atoms with van der Waals surface area (Å²) in [5, 5.41) is 6.78. The van der Waals surface area contributed by atoms with E-state index in [0.29, 0.717) is 47.0 Å². The number of amides is 1. The first kappa shape index (κ1) is 19.4. The number of carbonyl (C=O) groups is 1. The van der Waals surface area contributed by atoms with Gasteiger partial charge in [0.15, 0.2) is 0 Å². The van der Waals surface area contributed by atoms with E-state index in [9.17, 15) is 4.79 Å². The maximum absolute atomic E-state index is 12.1. The van der Waals surface area contributed by atoms with Crippen molar-refractivity contribution in [3.63, 3.8) is 0 Å². The third kappa shape index (κ3) is 6.82. The van der Waals surface area contributed by atoms with E-state index in [1.165, 1.54) is 0 Å². The number of nitrogens with one attached hydrogen (secondary N) is 2. The molecule has 0 radical (unpaired) electrons. The third-order valence-corrected chi connectivity index (χ3v) is 3.74. The molecule has 2 aromatic rings. The molecule has 0 fully saturated rings. The maximum atomic E-state index is 12.1. The Labute approximate surface area is 157 Å². The van der Waals surface area contributed by atoms with Crippen LogP contribution in [-0.4, -0.2) is 32.3 Å². The van der Waals surface area contributed by atoms with Gasteiger partial charge >= 0.3 is 0 Å².